The Morgan fingerprint density at radius 2 is 1.91 bits per heavy atom. The number of carbonyl (C=O) groups excluding carboxylic acids is 3. The van der Waals surface area contributed by atoms with Gasteiger partial charge >= 0.3 is 11.8 Å². The Balaban J connectivity index is 1.82. The zero-order chi connectivity index (χ0) is 24.9. The summed E-state index contributed by atoms with van der Waals surface area (Å²) in [5.74, 6) is -2.57. The van der Waals surface area contributed by atoms with Crippen molar-refractivity contribution in [3.63, 3.8) is 0 Å². The standard InChI is InChI=1S/C23H26BrFN4O5/c1-15(2)33-11-5-10-26-22(31)23(32)29-27-13-16-6-3-4-7-20(16)34-14-21(30)28-19-9-8-17(24)12-18(19)25/h3-4,6-9,12-13,15H,5,10-11,14H2,1-2H3,(H,26,31)(H,28,30)(H,29,32)/b27-13-. The first-order chi connectivity index (χ1) is 16.3. The van der Waals surface area contributed by atoms with Gasteiger partial charge in [-0.15, -0.1) is 0 Å². The summed E-state index contributed by atoms with van der Waals surface area (Å²) in [5.41, 5.74) is 2.62. The van der Waals surface area contributed by atoms with Gasteiger partial charge in [0.1, 0.15) is 11.6 Å². The number of para-hydroxylation sites is 1. The third-order valence-corrected chi connectivity index (χ3v) is 4.61. The summed E-state index contributed by atoms with van der Waals surface area (Å²) >= 11 is 3.15. The van der Waals surface area contributed by atoms with Crippen molar-refractivity contribution in [1.29, 1.82) is 0 Å². The van der Waals surface area contributed by atoms with E-state index in [1.165, 1.54) is 18.3 Å². The normalized spacial score (nSPS) is 10.9. The highest BCUT2D eigenvalue weighted by Gasteiger charge is 2.12. The van der Waals surface area contributed by atoms with Crippen molar-refractivity contribution in [1.82, 2.24) is 10.7 Å². The van der Waals surface area contributed by atoms with Crippen LogP contribution in [0, 0.1) is 5.82 Å². The Labute approximate surface area is 205 Å². The molecule has 2 aromatic carbocycles. The minimum atomic E-state index is -0.921. The van der Waals surface area contributed by atoms with Gasteiger partial charge < -0.3 is 20.1 Å². The Kier molecular flexibility index (Phi) is 11.1. The average Bonchev–Trinajstić information content (AvgIpc) is 2.79. The minimum absolute atomic E-state index is 0.0279. The van der Waals surface area contributed by atoms with Crippen LogP contribution in [-0.2, 0) is 19.1 Å². The first-order valence-corrected chi connectivity index (χ1v) is 11.2. The summed E-state index contributed by atoms with van der Waals surface area (Å²) in [6.07, 6.45) is 1.96. The molecule has 0 saturated carbocycles. The van der Waals surface area contributed by atoms with Crippen LogP contribution in [0.3, 0.4) is 0 Å². The van der Waals surface area contributed by atoms with E-state index in [1.807, 2.05) is 13.8 Å². The van der Waals surface area contributed by atoms with Gasteiger partial charge in [0.15, 0.2) is 6.61 Å². The van der Waals surface area contributed by atoms with Crippen molar-refractivity contribution >= 4 is 45.6 Å². The van der Waals surface area contributed by atoms with Crippen molar-refractivity contribution in [2.75, 3.05) is 25.1 Å². The van der Waals surface area contributed by atoms with Crippen molar-refractivity contribution in [3.8, 4) is 5.75 Å². The smallest absolute Gasteiger partial charge is 0.329 e. The maximum atomic E-state index is 13.9. The summed E-state index contributed by atoms with van der Waals surface area (Å²) in [5, 5.41) is 8.66. The highest BCUT2D eigenvalue weighted by molar-refractivity contribution is 9.10. The van der Waals surface area contributed by atoms with Crippen LogP contribution in [0.25, 0.3) is 0 Å². The summed E-state index contributed by atoms with van der Waals surface area (Å²) in [7, 11) is 0. The molecule has 0 radical (unpaired) electrons. The molecular weight excluding hydrogens is 511 g/mol. The topological polar surface area (TPSA) is 118 Å². The number of hydrogen-bond acceptors (Lipinski definition) is 6. The third kappa shape index (κ3) is 9.67. The SMILES string of the molecule is CC(C)OCCCNC(=O)C(=O)N/N=C\c1ccccc1OCC(=O)Nc1ccc(Br)cc1F. The van der Waals surface area contributed by atoms with Gasteiger partial charge in [-0.25, -0.2) is 9.82 Å². The molecular formula is C23H26BrFN4O5. The molecule has 0 spiro atoms. The van der Waals surface area contributed by atoms with Gasteiger partial charge in [-0.05, 0) is 50.6 Å². The summed E-state index contributed by atoms with van der Waals surface area (Å²) in [6, 6.07) is 10.9. The summed E-state index contributed by atoms with van der Waals surface area (Å²) in [6.45, 7) is 4.21. The lowest BCUT2D eigenvalue weighted by atomic mass is 10.2. The van der Waals surface area contributed by atoms with Crippen LogP contribution in [0.1, 0.15) is 25.8 Å². The largest absolute Gasteiger partial charge is 0.483 e. The third-order valence-electron chi connectivity index (χ3n) is 4.12. The molecule has 0 atom stereocenters. The Morgan fingerprint density at radius 3 is 2.65 bits per heavy atom. The number of amides is 3. The van der Waals surface area contributed by atoms with Gasteiger partial charge in [-0.3, -0.25) is 14.4 Å². The summed E-state index contributed by atoms with van der Waals surface area (Å²) < 4.78 is 25.3. The predicted octanol–water partition coefficient (Wildman–Crippen LogP) is 2.99. The van der Waals surface area contributed by atoms with Crippen molar-refractivity contribution in [3.05, 3.63) is 58.3 Å². The van der Waals surface area contributed by atoms with Gasteiger partial charge in [0.05, 0.1) is 18.0 Å². The van der Waals surface area contributed by atoms with E-state index in [9.17, 15) is 18.8 Å². The van der Waals surface area contributed by atoms with E-state index in [0.717, 1.165) is 0 Å². The Hall–Kier alpha value is -3.31. The number of anilines is 1. The molecule has 0 fully saturated rings. The lowest BCUT2D eigenvalue weighted by Gasteiger charge is -2.10. The highest BCUT2D eigenvalue weighted by atomic mass is 79.9. The fourth-order valence-corrected chi connectivity index (χ4v) is 2.86. The van der Waals surface area contributed by atoms with E-state index in [1.54, 1.807) is 30.3 Å². The van der Waals surface area contributed by atoms with E-state index in [2.05, 4.69) is 37.1 Å². The first-order valence-electron chi connectivity index (χ1n) is 10.5. The molecule has 2 aromatic rings. The van der Waals surface area contributed by atoms with Gasteiger partial charge in [-0.2, -0.15) is 5.10 Å². The molecule has 0 aliphatic heterocycles. The van der Waals surface area contributed by atoms with Crippen LogP contribution >= 0.6 is 15.9 Å². The van der Waals surface area contributed by atoms with Gasteiger partial charge in [0, 0.05) is 23.2 Å². The Morgan fingerprint density at radius 1 is 1.15 bits per heavy atom. The zero-order valence-electron chi connectivity index (χ0n) is 18.8. The van der Waals surface area contributed by atoms with Gasteiger partial charge in [-0.1, -0.05) is 28.1 Å². The molecule has 0 unspecified atom stereocenters. The fraction of sp³-hybridized carbons (Fsp3) is 0.304. The van der Waals surface area contributed by atoms with Crippen LogP contribution in [-0.4, -0.2) is 49.8 Å². The molecule has 3 amide bonds. The number of nitrogens with zero attached hydrogens (tertiary/aromatic N) is 1. The molecule has 0 aromatic heterocycles. The second-order valence-corrected chi connectivity index (χ2v) is 8.14. The molecule has 0 bridgehead atoms. The molecule has 182 valence electrons. The van der Waals surface area contributed by atoms with E-state index >= 15 is 0 Å². The lowest BCUT2D eigenvalue weighted by molar-refractivity contribution is -0.139. The first kappa shape index (κ1) is 26.9. The summed E-state index contributed by atoms with van der Waals surface area (Å²) in [4.78, 5) is 35.7. The number of hydrogen-bond donors (Lipinski definition) is 3. The predicted molar refractivity (Wildman–Crippen MR) is 129 cm³/mol. The lowest BCUT2D eigenvalue weighted by Crippen LogP contribution is -2.38. The van der Waals surface area contributed by atoms with Crippen LogP contribution in [0.5, 0.6) is 5.75 Å². The van der Waals surface area contributed by atoms with Crippen molar-refractivity contribution in [2.45, 2.75) is 26.4 Å². The monoisotopic (exact) mass is 536 g/mol. The number of nitrogens with one attached hydrogen (secondary N) is 3. The molecule has 0 aliphatic rings. The van der Waals surface area contributed by atoms with Crippen LogP contribution in [0.15, 0.2) is 52.0 Å². The number of ether oxygens (including phenoxy) is 2. The second-order valence-electron chi connectivity index (χ2n) is 7.23. The average molecular weight is 537 g/mol. The highest BCUT2D eigenvalue weighted by Crippen LogP contribution is 2.20. The molecule has 3 N–H and O–H groups in total. The quantitative estimate of drug-likeness (QED) is 0.176. The maximum absolute atomic E-state index is 13.9. The Bertz CT molecular complexity index is 1030. The van der Waals surface area contributed by atoms with E-state index in [4.69, 9.17) is 9.47 Å². The number of hydrazone groups is 1. The van der Waals surface area contributed by atoms with Crippen LogP contribution < -0.4 is 20.8 Å². The van der Waals surface area contributed by atoms with Gasteiger partial charge in [0.2, 0.25) is 0 Å². The number of halogens is 2. The molecule has 34 heavy (non-hydrogen) atoms. The van der Waals surface area contributed by atoms with E-state index in [0.29, 0.717) is 35.4 Å². The maximum Gasteiger partial charge on any atom is 0.329 e. The second kappa shape index (κ2) is 14.1. The number of benzene rings is 2. The zero-order valence-corrected chi connectivity index (χ0v) is 20.4. The van der Waals surface area contributed by atoms with Crippen LogP contribution in [0.4, 0.5) is 10.1 Å². The fourth-order valence-electron chi connectivity index (χ4n) is 2.52. The molecule has 11 heteroatoms. The minimum Gasteiger partial charge on any atom is -0.483 e. The van der Waals surface area contributed by atoms with Crippen LogP contribution in [0.2, 0.25) is 0 Å². The number of carbonyl (C=O) groups is 3. The molecule has 0 heterocycles. The molecule has 0 aliphatic carbocycles. The van der Waals surface area contributed by atoms with E-state index < -0.39 is 23.5 Å². The molecule has 2 rings (SSSR count). The van der Waals surface area contributed by atoms with Crippen molar-refractivity contribution in [2.24, 2.45) is 5.10 Å². The van der Waals surface area contributed by atoms with E-state index in [-0.39, 0.29) is 18.4 Å². The molecule has 0 saturated heterocycles. The van der Waals surface area contributed by atoms with Crippen molar-refractivity contribution < 1.29 is 28.2 Å². The molecule has 9 nitrogen and oxygen atoms in total. The van der Waals surface area contributed by atoms with Gasteiger partial charge in [0.25, 0.3) is 5.91 Å². The number of rotatable bonds is 11.